The molecule has 154 valence electrons. The van der Waals surface area contributed by atoms with Crippen LogP contribution in [-0.2, 0) is 27.7 Å². The van der Waals surface area contributed by atoms with Crippen LogP contribution in [0.25, 0.3) is 0 Å². The number of carbonyl (C=O) groups excluding carboxylic acids is 1. The predicted octanol–water partition coefficient (Wildman–Crippen LogP) is 1.09. The minimum atomic E-state index is -3.66. The average molecular weight is 415 g/mol. The number of sulfonamides is 1. The third-order valence-corrected chi connectivity index (χ3v) is 7.51. The summed E-state index contributed by atoms with van der Waals surface area (Å²) < 4.78 is 29.1. The average Bonchev–Trinajstić information content (AvgIpc) is 2.71. The van der Waals surface area contributed by atoms with Crippen LogP contribution in [0.2, 0.25) is 0 Å². The van der Waals surface area contributed by atoms with Gasteiger partial charge in [0.25, 0.3) is 0 Å². The van der Waals surface area contributed by atoms with Crippen molar-refractivity contribution in [2.75, 3.05) is 13.1 Å². The molecule has 2 aromatic rings. The van der Waals surface area contributed by atoms with Crippen molar-refractivity contribution >= 4 is 15.9 Å². The number of carbonyl (C=O) groups is 1. The Bertz CT molecular complexity index is 955. The Hall–Kier alpha value is -2.29. The Balaban J connectivity index is 1.54. The van der Waals surface area contributed by atoms with E-state index in [-0.39, 0.29) is 23.4 Å². The molecule has 1 aromatic carbocycles. The Labute approximate surface area is 171 Å². The van der Waals surface area contributed by atoms with Crippen LogP contribution in [-0.4, -0.2) is 49.4 Å². The van der Waals surface area contributed by atoms with Crippen LogP contribution in [0.15, 0.2) is 53.7 Å². The van der Waals surface area contributed by atoms with Crippen LogP contribution >= 0.6 is 0 Å². The van der Waals surface area contributed by atoms with Crippen molar-refractivity contribution in [3.63, 3.8) is 0 Å². The first-order valence-electron chi connectivity index (χ1n) is 9.95. The second kappa shape index (κ2) is 8.22. The van der Waals surface area contributed by atoms with Crippen molar-refractivity contribution in [1.29, 1.82) is 0 Å². The summed E-state index contributed by atoms with van der Waals surface area (Å²) in [5.41, 5.74) is 7.02. The van der Waals surface area contributed by atoms with Crippen molar-refractivity contribution in [1.82, 2.24) is 14.6 Å². The molecule has 3 saturated heterocycles. The molecule has 3 aliphatic rings. The second-order valence-corrected chi connectivity index (χ2v) is 9.65. The van der Waals surface area contributed by atoms with Crippen LogP contribution < -0.4 is 10.5 Å². The zero-order chi connectivity index (χ0) is 20.4. The number of benzene rings is 1. The van der Waals surface area contributed by atoms with Gasteiger partial charge in [-0.1, -0.05) is 18.2 Å². The van der Waals surface area contributed by atoms with E-state index in [0.29, 0.717) is 11.5 Å². The lowest BCUT2D eigenvalue weighted by Gasteiger charge is -2.51. The molecule has 7 nitrogen and oxygen atoms in total. The van der Waals surface area contributed by atoms with Crippen LogP contribution in [0.4, 0.5) is 0 Å². The molecule has 0 saturated carbocycles. The lowest BCUT2D eigenvalue weighted by molar-refractivity contribution is -0.117. The SMILES string of the molecule is NC(=O)Cc1ccc(S(=O)(=O)N[C@@H]2C3CCN(CC3)[C@@H]2Cc2cccnc2)cc1. The summed E-state index contributed by atoms with van der Waals surface area (Å²) in [5, 5.41) is 0. The highest BCUT2D eigenvalue weighted by Gasteiger charge is 2.43. The molecule has 2 atom stereocenters. The van der Waals surface area contributed by atoms with Gasteiger partial charge in [0.1, 0.15) is 0 Å². The topological polar surface area (TPSA) is 105 Å². The molecule has 4 heterocycles. The smallest absolute Gasteiger partial charge is 0.240 e. The number of hydrogen-bond donors (Lipinski definition) is 2. The Kier molecular flexibility index (Phi) is 5.67. The fraction of sp³-hybridized carbons (Fsp3) is 0.429. The van der Waals surface area contributed by atoms with Crippen molar-refractivity contribution in [2.24, 2.45) is 11.7 Å². The van der Waals surface area contributed by atoms with Crippen LogP contribution in [0.5, 0.6) is 0 Å². The largest absolute Gasteiger partial charge is 0.369 e. The molecule has 2 bridgehead atoms. The van der Waals surface area contributed by atoms with Gasteiger partial charge in [-0.3, -0.25) is 14.7 Å². The van der Waals surface area contributed by atoms with E-state index in [4.69, 9.17) is 5.73 Å². The van der Waals surface area contributed by atoms with Gasteiger partial charge >= 0.3 is 0 Å². The second-order valence-electron chi connectivity index (χ2n) is 7.94. The van der Waals surface area contributed by atoms with E-state index in [2.05, 4.69) is 14.6 Å². The molecule has 29 heavy (non-hydrogen) atoms. The number of nitrogens with one attached hydrogen (secondary N) is 1. The number of rotatable bonds is 7. The Morgan fingerprint density at radius 1 is 1.14 bits per heavy atom. The molecule has 0 spiro atoms. The summed E-state index contributed by atoms with van der Waals surface area (Å²) in [6.45, 7) is 2.02. The minimum Gasteiger partial charge on any atom is -0.369 e. The third-order valence-electron chi connectivity index (χ3n) is 6.04. The highest BCUT2D eigenvalue weighted by atomic mass is 32.2. The van der Waals surface area contributed by atoms with Crippen molar-refractivity contribution in [3.8, 4) is 0 Å². The van der Waals surface area contributed by atoms with E-state index in [9.17, 15) is 13.2 Å². The molecule has 5 rings (SSSR count). The molecule has 8 heteroatoms. The van der Waals surface area contributed by atoms with Gasteiger partial charge in [0.05, 0.1) is 11.3 Å². The lowest BCUT2D eigenvalue weighted by Crippen LogP contribution is -2.64. The zero-order valence-electron chi connectivity index (χ0n) is 16.2. The quantitative estimate of drug-likeness (QED) is 0.706. The van der Waals surface area contributed by atoms with Gasteiger partial charge in [0.15, 0.2) is 0 Å². The first-order valence-corrected chi connectivity index (χ1v) is 11.4. The molecule has 3 fully saturated rings. The molecule has 3 N–H and O–H groups in total. The molecular weight excluding hydrogens is 388 g/mol. The number of nitrogens with two attached hydrogens (primary N) is 1. The summed E-state index contributed by atoms with van der Waals surface area (Å²) in [7, 11) is -3.66. The van der Waals surface area contributed by atoms with Crippen molar-refractivity contribution < 1.29 is 13.2 Å². The highest BCUT2D eigenvalue weighted by Crippen LogP contribution is 2.34. The van der Waals surface area contributed by atoms with Crippen LogP contribution in [0.1, 0.15) is 24.0 Å². The number of pyridine rings is 1. The summed E-state index contributed by atoms with van der Waals surface area (Å²) >= 11 is 0. The third kappa shape index (κ3) is 4.49. The molecule has 0 unspecified atom stereocenters. The van der Waals surface area contributed by atoms with Gasteiger partial charge < -0.3 is 5.73 Å². The van der Waals surface area contributed by atoms with E-state index in [1.54, 1.807) is 18.3 Å². The molecule has 3 aliphatic heterocycles. The molecule has 1 amide bonds. The molecule has 0 radical (unpaired) electrons. The number of nitrogens with zero attached hydrogens (tertiary/aromatic N) is 2. The van der Waals surface area contributed by atoms with E-state index in [1.165, 1.54) is 12.1 Å². The number of piperidine rings is 3. The van der Waals surface area contributed by atoms with E-state index >= 15 is 0 Å². The summed E-state index contributed by atoms with van der Waals surface area (Å²) in [6.07, 6.45) is 6.49. The number of hydrogen-bond acceptors (Lipinski definition) is 5. The minimum absolute atomic E-state index is 0.0978. The number of fused-ring (bicyclic) bond motifs is 3. The summed E-state index contributed by atoms with van der Waals surface area (Å²) in [6, 6.07) is 10.3. The number of aromatic nitrogens is 1. The fourth-order valence-electron chi connectivity index (χ4n) is 4.58. The maximum Gasteiger partial charge on any atom is 0.240 e. The van der Waals surface area contributed by atoms with E-state index in [0.717, 1.165) is 37.9 Å². The van der Waals surface area contributed by atoms with Gasteiger partial charge in [-0.2, -0.15) is 0 Å². The van der Waals surface area contributed by atoms with Crippen LogP contribution in [0, 0.1) is 5.92 Å². The van der Waals surface area contributed by atoms with Gasteiger partial charge in [-0.15, -0.1) is 0 Å². The maximum absolute atomic E-state index is 13.1. The summed E-state index contributed by atoms with van der Waals surface area (Å²) in [4.78, 5) is 17.9. The standard InChI is InChI=1S/C21H26N4O3S/c22-20(26)13-15-3-5-18(6-4-15)29(27,28)24-21-17-7-10-25(11-8-17)19(21)12-16-2-1-9-23-14-16/h1-6,9,14,17,19,21,24H,7-8,10-13H2,(H2,22,26)/t19-,21-/m1/s1. The summed E-state index contributed by atoms with van der Waals surface area (Å²) in [5.74, 6) is -0.102. The highest BCUT2D eigenvalue weighted by molar-refractivity contribution is 7.89. The van der Waals surface area contributed by atoms with Crippen molar-refractivity contribution in [3.05, 3.63) is 59.9 Å². The van der Waals surface area contributed by atoms with E-state index in [1.807, 2.05) is 18.3 Å². The number of primary amides is 1. The maximum atomic E-state index is 13.1. The van der Waals surface area contributed by atoms with Gasteiger partial charge in [0.2, 0.25) is 15.9 Å². The normalized spacial score (nSPS) is 26.3. The van der Waals surface area contributed by atoms with Crippen LogP contribution in [0.3, 0.4) is 0 Å². The van der Waals surface area contributed by atoms with E-state index < -0.39 is 15.9 Å². The van der Waals surface area contributed by atoms with Gasteiger partial charge in [-0.25, -0.2) is 13.1 Å². The van der Waals surface area contributed by atoms with Crippen molar-refractivity contribution in [2.45, 2.75) is 42.7 Å². The lowest BCUT2D eigenvalue weighted by atomic mass is 9.77. The monoisotopic (exact) mass is 414 g/mol. The molecule has 1 aromatic heterocycles. The first-order chi connectivity index (χ1) is 13.9. The number of amides is 1. The molecular formula is C21H26N4O3S. The fourth-order valence-corrected chi connectivity index (χ4v) is 5.92. The predicted molar refractivity (Wildman–Crippen MR) is 109 cm³/mol. The Morgan fingerprint density at radius 3 is 2.48 bits per heavy atom. The van der Waals surface area contributed by atoms with Gasteiger partial charge in [-0.05, 0) is 67.6 Å². The first kappa shape index (κ1) is 20.0. The van der Waals surface area contributed by atoms with Gasteiger partial charge in [0, 0.05) is 24.5 Å². The molecule has 0 aliphatic carbocycles. The Morgan fingerprint density at radius 2 is 1.86 bits per heavy atom. The zero-order valence-corrected chi connectivity index (χ0v) is 17.0.